The average Bonchev–Trinajstić information content (AvgIpc) is 3.49. The summed E-state index contributed by atoms with van der Waals surface area (Å²) in [4.78, 5) is 34.6. The molecule has 2 amide bonds. The predicted octanol–water partition coefficient (Wildman–Crippen LogP) is 6.75. The van der Waals surface area contributed by atoms with Crippen molar-refractivity contribution in [2.75, 3.05) is 29.9 Å². The lowest BCUT2D eigenvalue weighted by molar-refractivity contribution is 0.0218. The Morgan fingerprint density at radius 2 is 1.87 bits per heavy atom. The predicted molar refractivity (Wildman–Crippen MR) is 154 cm³/mol. The molecule has 8 nitrogen and oxygen atoms in total. The number of fused-ring (bicyclic) bond motifs is 1. The molecule has 1 atom stereocenters. The van der Waals surface area contributed by atoms with Gasteiger partial charge in [0.15, 0.2) is 0 Å². The van der Waals surface area contributed by atoms with Crippen molar-refractivity contribution in [3.63, 3.8) is 0 Å². The van der Waals surface area contributed by atoms with E-state index in [9.17, 15) is 14.0 Å². The highest BCUT2D eigenvalue weighted by atomic mass is 79.9. The first-order valence-electron chi connectivity index (χ1n) is 13.5. The molecule has 0 spiro atoms. The number of anilines is 2. The van der Waals surface area contributed by atoms with E-state index in [4.69, 9.17) is 9.72 Å². The van der Waals surface area contributed by atoms with Crippen LogP contribution in [0, 0.1) is 5.82 Å². The fourth-order valence-electron chi connectivity index (χ4n) is 5.59. The molecule has 39 heavy (non-hydrogen) atoms. The number of hydrogen-bond donors (Lipinski definition) is 1. The van der Waals surface area contributed by atoms with Gasteiger partial charge in [-0.15, -0.1) is 0 Å². The molecule has 2 fully saturated rings. The zero-order chi connectivity index (χ0) is 27.9. The van der Waals surface area contributed by atoms with Gasteiger partial charge in [-0.25, -0.2) is 14.2 Å². The van der Waals surface area contributed by atoms with Crippen LogP contribution in [0.5, 0.6) is 0 Å². The lowest BCUT2D eigenvalue weighted by Gasteiger charge is -2.41. The summed E-state index contributed by atoms with van der Waals surface area (Å²) in [6.07, 6.45) is 3.92. The van der Waals surface area contributed by atoms with E-state index >= 15 is 0 Å². The van der Waals surface area contributed by atoms with Crippen LogP contribution in [0.4, 0.5) is 20.8 Å². The normalized spacial score (nSPS) is 18.6. The zero-order valence-corrected chi connectivity index (χ0v) is 24.4. The van der Waals surface area contributed by atoms with Gasteiger partial charge < -0.3 is 19.1 Å². The molecule has 1 N–H and O–H groups in total. The van der Waals surface area contributed by atoms with Gasteiger partial charge in [-0.2, -0.15) is 0 Å². The highest BCUT2D eigenvalue weighted by Gasteiger charge is 2.31. The molecule has 1 saturated carbocycles. The largest absolute Gasteiger partial charge is 0.444 e. The van der Waals surface area contributed by atoms with E-state index in [-0.39, 0.29) is 23.7 Å². The first kappa shape index (κ1) is 27.4. The molecule has 0 unspecified atom stereocenters. The highest BCUT2D eigenvalue weighted by Crippen LogP contribution is 2.37. The Kier molecular flexibility index (Phi) is 7.59. The summed E-state index contributed by atoms with van der Waals surface area (Å²) < 4.78 is 22.6. The quantitative estimate of drug-likeness (QED) is 0.359. The van der Waals surface area contributed by atoms with Crippen molar-refractivity contribution in [2.24, 2.45) is 0 Å². The molecule has 2 aromatic carbocycles. The van der Waals surface area contributed by atoms with Gasteiger partial charge >= 0.3 is 6.09 Å². The monoisotopic (exact) mass is 599 g/mol. The molecule has 1 aliphatic heterocycles. The molecule has 0 radical (unpaired) electrons. The third-order valence-electron chi connectivity index (χ3n) is 7.39. The number of halogens is 2. The number of amides is 2. The molecule has 1 saturated heterocycles. The van der Waals surface area contributed by atoms with Crippen molar-refractivity contribution < 1.29 is 18.7 Å². The molecule has 0 bridgehead atoms. The maximum atomic E-state index is 14.5. The van der Waals surface area contributed by atoms with Gasteiger partial charge in [-0.3, -0.25) is 10.1 Å². The van der Waals surface area contributed by atoms with Gasteiger partial charge in [0.1, 0.15) is 11.4 Å². The molecular formula is C29H35BrFN5O3. The highest BCUT2D eigenvalue weighted by molar-refractivity contribution is 9.10. The molecule has 2 aliphatic rings. The van der Waals surface area contributed by atoms with Crippen LogP contribution in [0.25, 0.3) is 11.0 Å². The van der Waals surface area contributed by atoms with Crippen LogP contribution in [-0.4, -0.2) is 57.7 Å². The Morgan fingerprint density at radius 1 is 1.13 bits per heavy atom. The van der Waals surface area contributed by atoms with Gasteiger partial charge in [-0.05, 0) is 86.8 Å². The number of benzene rings is 2. The number of piperazine rings is 1. The minimum Gasteiger partial charge on any atom is -0.444 e. The topological polar surface area (TPSA) is 79.7 Å². The van der Waals surface area contributed by atoms with Gasteiger partial charge in [0.05, 0.1) is 16.6 Å². The van der Waals surface area contributed by atoms with E-state index in [1.165, 1.54) is 6.07 Å². The number of hydrogen-bond acceptors (Lipinski definition) is 5. The van der Waals surface area contributed by atoms with Crippen molar-refractivity contribution in [3.05, 3.63) is 52.3 Å². The Balaban J connectivity index is 1.43. The summed E-state index contributed by atoms with van der Waals surface area (Å²) >= 11 is 3.30. The second-order valence-electron chi connectivity index (χ2n) is 11.4. The van der Waals surface area contributed by atoms with Gasteiger partial charge in [-0.1, -0.05) is 18.9 Å². The second-order valence-corrected chi connectivity index (χ2v) is 12.3. The minimum absolute atomic E-state index is 0.0418. The molecule has 1 aromatic heterocycles. The number of aromatic nitrogens is 2. The number of nitrogens with one attached hydrogen (secondary N) is 1. The van der Waals surface area contributed by atoms with Gasteiger partial charge in [0, 0.05) is 41.9 Å². The maximum absolute atomic E-state index is 14.5. The summed E-state index contributed by atoms with van der Waals surface area (Å²) in [6.45, 7) is 9.53. The van der Waals surface area contributed by atoms with E-state index in [1.54, 1.807) is 17.0 Å². The third-order valence-corrected chi connectivity index (χ3v) is 8.05. The van der Waals surface area contributed by atoms with Crippen LogP contribution >= 0.6 is 15.9 Å². The molecule has 1 aliphatic carbocycles. The average molecular weight is 601 g/mol. The summed E-state index contributed by atoms with van der Waals surface area (Å²) in [6, 6.07) is 10.9. The van der Waals surface area contributed by atoms with E-state index in [1.807, 2.05) is 32.9 Å². The number of carbonyl (C=O) groups excluding carboxylic acids is 2. The van der Waals surface area contributed by atoms with Crippen LogP contribution < -0.4 is 10.2 Å². The van der Waals surface area contributed by atoms with Gasteiger partial charge in [0.25, 0.3) is 5.91 Å². The van der Waals surface area contributed by atoms with Crippen molar-refractivity contribution in [1.29, 1.82) is 0 Å². The second kappa shape index (κ2) is 10.8. The lowest BCUT2D eigenvalue weighted by Crippen LogP contribution is -2.54. The third kappa shape index (κ3) is 5.76. The Labute approximate surface area is 236 Å². The summed E-state index contributed by atoms with van der Waals surface area (Å²) in [5, 5.41) is 2.89. The number of ether oxygens (including phenoxy) is 1. The smallest absolute Gasteiger partial charge is 0.410 e. The SMILES string of the molecule is C[C@H]1CN(C(=O)OC(C)(C)C)CCN1c1ccc2nc(NC(=O)c3c(F)cccc3Br)n(C3CCCC3)c2c1. The molecular weight excluding hydrogens is 565 g/mol. The number of imidazole rings is 1. The molecule has 10 heteroatoms. The fourth-order valence-corrected chi connectivity index (χ4v) is 6.11. The van der Waals surface area contributed by atoms with Crippen LogP contribution in [0.1, 0.15) is 69.8 Å². The Bertz CT molecular complexity index is 1380. The van der Waals surface area contributed by atoms with Crippen LogP contribution in [0.3, 0.4) is 0 Å². The number of nitrogens with zero attached hydrogens (tertiary/aromatic N) is 4. The fraction of sp³-hybridized carbons (Fsp3) is 0.483. The van der Waals surface area contributed by atoms with Crippen LogP contribution in [0.15, 0.2) is 40.9 Å². The summed E-state index contributed by atoms with van der Waals surface area (Å²) in [7, 11) is 0. The molecule has 3 aromatic rings. The maximum Gasteiger partial charge on any atom is 0.410 e. The summed E-state index contributed by atoms with van der Waals surface area (Å²) in [5.41, 5.74) is 2.17. The van der Waals surface area contributed by atoms with Gasteiger partial charge in [0.2, 0.25) is 5.95 Å². The van der Waals surface area contributed by atoms with E-state index in [0.29, 0.717) is 30.1 Å². The minimum atomic E-state index is -0.591. The van der Waals surface area contributed by atoms with E-state index < -0.39 is 17.3 Å². The van der Waals surface area contributed by atoms with E-state index in [0.717, 1.165) is 42.4 Å². The Hall–Kier alpha value is -3.14. The molecule has 208 valence electrons. The van der Waals surface area contributed by atoms with E-state index in [2.05, 4.69) is 43.7 Å². The first-order chi connectivity index (χ1) is 18.5. The molecule has 5 rings (SSSR count). The lowest BCUT2D eigenvalue weighted by atomic mass is 10.1. The first-order valence-corrected chi connectivity index (χ1v) is 14.3. The van der Waals surface area contributed by atoms with Crippen molar-refractivity contribution >= 4 is 50.6 Å². The summed E-state index contributed by atoms with van der Waals surface area (Å²) in [5.74, 6) is -0.703. The standard InChI is InChI=1S/C29H35BrFN5O3/c1-18-17-34(28(38)39-29(2,3)4)14-15-35(18)20-12-13-23-24(16-20)36(19-8-5-6-9-19)27(32-23)33-26(37)25-21(30)10-7-11-22(25)31/h7,10-13,16,18-19H,5-6,8-9,14-15,17H2,1-4H3,(H,32,33,37)/t18-/m0/s1. The van der Waals surface area contributed by atoms with Crippen molar-refractivity contribution in [3.8, 4) is 0 Å². The Morgan fingerprint density at radius 3 is 2.54 bits per heavy atom. The van der Waals surface area contributed by atoms with Crippen molar-refractivity contribution in [1.82, 2.24) is 14.5 Å². The van der Waals surface area contributed by atoms with Crippen LogP contribution in [0.2, 0.25) is 0 Å². The van der Waals surface area contributed by atoms with Crippen molar-refractivity contribution in [2.45, 2.75) is 71.1 Å². The zero-order valence-electron chi connectivity index (χ0n) is 22.8. The van der Waals surface area contributed by atoms with Crippen LogP contribution in [-0.2, 0) is 4.74 Å². The molecule has 2 heterocycles. The number of carbonyl (C=O) groups is 2. The number of rotatable bonds is 4.